The zero-order valence-electron chi connectivity index (χ0n) is 17.1. The van der Waals surface area contributed by atoms with Gasteiger partial charge < -0.3 is 24.4 Å². The second-order valence-electron chi connectivity index (χ2n) is 6.89. The molecule has 27 heavy (non-hydrogen) atoms. The van der Waals surface area contributed by atoms with E-state index < -0.39 is 0 Å². The van der Waals surface area contributed by atoms with Gasteiger partial charge in [-0.3, -0.25) is 4.99 Å². The average Bonchev–Trinajstić information content (AvgIpc) is 2.70. The Morgan fingerprint density at radius 3 is 2.52 bits per heavy atom. The Morgan fingerprint density at radius 1 is 1.11 bits per heavy atom. The molecule has 0 aromatic heterocycles. The van der Waals surface area contributed by atoms with Gasteiger partial charge in [-0.15, -0.1) is 0 Å². The fourth-order valence-corrected chi connectivity index (χ4v) is 3.12. The fraction of sp³-hybridized carbons (Fsp3) is 0.667. The van der Waals surface area contributed by atoms with Gasteiger partial charge in [0.25, 0.3) is 0 Å². The van der Waals surface area contributed by atoms with Crippen molar-refractivity contribution in [2.45, 2.75) is 38.7 Å². The van der Waals surface area contributed by atoms with Crippen LogP contribution in [0.2, 0.25) is 0 Å². The van der Waals surface area contributed by atoms with Crippen LogP contribution in [0.1, 0.15) is 31.2 Å². The molecule has 0 spiro atoms. The molecule has 1 saturated heterocycles. The maximum Gasteiger partial charge on any atom is 0.193 e. The van der Waals surface area contributed by atoms with Crippen LogP contribution in [0.15, 0.2) is 29.3 Å². The molecule has 0 bridgehead atoms. The first kappa shape index (κ1) is 21.5. The average molecular weight is 378 g/mol. The minimum Gasteiger partial charge on any atom is -0.494 e. The summed E-state index contributed by atoms with van der Waals surface area (Å²) < 4.78 is 16.8. The van der Waals surface area contributed by atoms with Crippen LogP contribution in [0.5, 0.6) is 5.75 Å². The SMILES string of the molecule is CN=C(NCCCOc1ccc(C)cc1)N1CCC(OCCCOC)CC1. The summed E-state index contributed by atoms with van der Waals surface area (Å²) in [7, 11) is 3.57. The monoisotopic (exact) mass is 377 g/mol. The lowest BCUT2D eigenvalue weighted by atomic mass is 10.1. The Labute approximate surface area is 163 Å². The van der Waals surface area contributed by atoms with E-state index in [0.717, 1.165) is 70.2 Å². The summed E-state index contributed by atoms with van der Waals surface area (Å²) >= 11 is 0. The Morgan fingerprint density at radius 2 is 1.85 bits per heavy atom. The van der Waals surface area contributed by atoms with Crippen LogP contribution in [0.25, 0.3) is 0 Å². The molecule has 0 saturated carbocycles. The molecule has 1 N–H and O–H groups in total. The molecule has 0 radical (unpaired) electrons. The molecular weight excluding hydrogens is 342 g/mol. The topological polar surface area (TPSA) is 55.3 Å². The summed E-state index contributed by atoms with van der Waals surface area (Å²) in [4.78, 5) is 6.74. The van der Waals surface area contributed by atoms with E-state index >= 15 is 0 Å². The minimum atomic E-state index is 0.360. The molecule has 0 atom stereocenters. The highest BCUT2D eigenvalue weighted by molar-refractivity contribution is 5.79. The van der Waals surface area contributed by atoms with E-state index in [0.29, 0.717) is 12.7 Å². The van der Waals surface area contributed by atoms with Crippen molar-refractivity contribution in [2.75, 3.05) is 53.6 Å². The van der Waals surface area contributed by atoms with Crippen LogP contribution < -0.4 is 10.1 Å². The number of nitrogens with zero attached hydrogens (tertiary/aromatic N) is 2. The van der Waals surface area contributed by atoms with Crippen molar-refractivity contribution in [2.24, 2.45) is 4.99 Å². The molecule has 6 heteroatoms. The van der Waals surface area contributed by atoms with Crippen LogP contribution in [0.3, 0.4) is 0 Å². The highest BCUT2D eigenvalue weighted by Gasteiger charge is 2.21. The van der Waals surface area contributed by atoms with Crippen molar-refractivity contribution < 1.29 is 14.2 Å². The van der Waals surface area contributed by atoms with Gasteiger partial charge in [0.15, 0.2) is 5.96 Å². The molecule has 1 aromatic rings. The van der Waals surface area contributed by atoms with Gasteiger partial charge in [-0.25, -0.2) is 0 Å². The zero-order valence-corrected chi connectivity index (χ0v) is 17.1. The van der Waals surface area contributed by atoms with Crippen molar-refractivity contribution in [3.63, 3.8) is 0 Å². The number of aliphatic imine (C=N–C) groups is 1. The lowest BCUT2D eigenvalue weighted by Crippen LogP contribution is -2.47. The summed E-state index contributed by atoms with van der Waals surface area (Å²) in [5.41, 5.74) is 1.25. The number of guanidine groups is 1. The van der Waals surface area contributed by atoms with Gasteiger partial charge in [0, 0.05) is 47.0 Å². The molecule has 1 aromatic carbocycles. The van der Waals surface area contributed by atoms with Gasteiger partial charge in [-0.2, -0.15) is 0 Å². The standard InChI is InChI=1S/C21H35N3O3/c1-18-6-8-19(9-7-18)26-16-4-12-23-21(22-2)24-13-10-20(11-14-24)27-17-5-15-25-3/h6-9,20H,4-5,10-17H2,1-3H3,(H,22,23). The predicted molar refractivity (Wildman–Crippen MR) is 110 cm³/mol. The summed E-state index contributed by atoms with van der Waals surface area (Å²) in [6.45, 7) is 7.14. The van der Waals surface area contributed by atoms with E-state index in [9.17, 15) is 0 Å². The fourth-order valence-electron chi connectivity index (χ4n) is 3.12. The van der Waals surface area contributed by atoms with E-state index in [1.54, 1.807) is 7.11 Å². The van der Waals surface area contributed by atoms with Gasteiger partial charge in [-0.1, -0.05) is 17.7 Å². The number of methoxy groups -OCH3 is 1. The number of hydrogen-bond donors (Lipinski definition) is 1. The van der Waals surface area contributed by atoms with Gasteiger partial charge in [0.05, 0.1) is 12.7 Å². The smallest absolute Gasteiger partial charge is 0.193 e. The van der Waals surface area contributed by atoms with Crippen LogP contribution in [-0.2, 0) is 9.47 Å². The molecule has 1 heterocycles. The van der Waals surface area contributed by atoms with Crippen LogP contribution in [0, 0.1) is 6.92 Å². The number of hydrogen-bond acceptors (Lipinski definition) is 4. The third-order valence-electron chi connectivity index (χ3n) is 4.69. The number of aryl methyl sites for hydroxylation is 1. The second kappa shape index (κ2) is 12.6. The van der Waals surface area contributed by atoms with Crippen molar-refractivity contribution >= 4 is 5.96 Å². The first-order valence-electron chi connectivity index (χ1n) is 9.98. The predicted octanol–water partition coefficient (Wildman–Crippen LogP) is 2.86. The van der Waals surface area contributed by atoms with E-state index in [4.69, 9.17) is 14.2 Å². The Hall–Kier alpha value is -1.79. The molecule has 6 nitrogen and oxygen atoms in total. The summed E-state index contributed by atoms with van der Waals surface area (Å²) in [5, 5.41) is 3.45. The minimum absolute atomic E-state index is 0.360. The first-order chi connectivity index (χ1) is 13.2. The number of benzene rings is 1. The zero-order chi connectivity index (χ0) is 19.3. The number of piperidine rings is 1. The molecule has 0 amide bonds. The van der Waals surface area contributed by atoms with Gasteiger partial charge in [0.1, 0.15) is 5.75 Å². The molecule has 0 unspecified atom stereocenters. The molecule has 1 aliphatic heterocycles. The lowest BCUT2D eigenvalue weighted by Gasteiger charge is -2.34. The van der Waals surface area contributed by atoms with Crippen molar-refractivity contribution in [1.29, 1.82) is 0 Å². The normalized spacial score (nSPS) is 15.8. The summed E-state index contributed by atoms with van der Waals surface area (Å²) in [6.07, 6.45) is 4.35. The summed E-state index contributed by atoms with van der Waals surface area (Å²) in [6, 6.07) is 8.17. The van der Waals surface area contributed by atoms with E-state index in [1.165, 1.54) is 5.56 Å². The third kappa shape index (κ3) is 8.18. The number of nitrogens with one attached hydrogen (secondary N) is 1. The van der Waals surface area contributed by atoms with Crippen molar-refractivity contribution in [3.8, 4) is 5.75 Å². The largest absolute Gasteiger partial charge is 0.494 e. The van der Waals surface area contributed by atoms with Gasteiger partial charge in [0.2, 0.25) is 0 Å². The maximum atomic E-state index is 5.93. The molecule has 152 valence electrons. The van der Waals surface area contributed by atoms with Crippen molar-refractivity contribution in [1.82, 2.24) is 10.2 Å². The van der Waals surface area contributed by atoms with Crippen LogP contribution in [-0.4, -0.2) is 70.6 Å². The molecule has 0 aliphatic carbocycles. The van der Waals surface area contributed by atoms with Gasteiger partial charge in [-0.05, 0) is 44.7 Å². The quantitative estimate of drug-likeness (QED) is 0.386. The Bertz CT molecular complexity index is 540. The maximum absolute atomic E-state index is 5.93. The van der Waals surface area contributed by atoms with E-state index in [1.807, 2.05) is 19.2 Å². The highest BCUT2D eigenvalue weighted by Crippen LogP contribution is 2.14. The Kier molecular flexibility index (Phi) is 10.0. The van der Waals surface area contributed by atoms with Crippen LogP contribution >= 0.6 is 0 Å². The van der Waals surface area contributed by atoms with Crippen molar-refractivity contribution in [3.05, 3.63) is 29.8 Å². The van der Waals surface area contributed by atoms with E-state index in [2.05, 4.69) is 34.3 Å². The number of rotatable bonds is 10. The summed E-state index contributed by atoms with van der Waals surface area (Å²) in [5.74, 6) is 1.90. The first-order valence-corrected chi connectivity index (χ1v) is 9.98. The molecule has 2 rings (SSSR count). The number of ether oxygens (including phenoxy) is 3. The second-order valence-corrected chi connectivity index (χ2v) is 6.89. The molecule has 1 fully saturated rings. The molecule has 1 aliphatic rings. The van der Waals surface area contributed by atoms with E-state index in [-0.39, 0.29) is 0 Å². The molecular formula is C21H35N3O3. The Balaban J connectivity index is 1.58. The van der Waals surface area contributed by atoms with Crippen LogP contribution in [0.4, 0.5) is 0 Å². The highest BCUT2D eigenvalue weighted by atomic mass is 16.5. The third-order valence-corrected chi connectivity index (χ3v) is 4.69. The lowest BCUT2D eigenvalue weighted by molar-refractivity contribution is 0.00991. The number of likely N-dealkylation sites (tertiary alicyclic amines) is 1. The van der Waals surface area contributed by atoms with Gasteiger partial charge >= 0.3 is 0 Å².